The molecule has 0 radical (unpaired) electrons. The summed E-state index contributed by atoms with van der Waals surface area (Å²) in [5.74, 6) is -0.123. The standard InChI is InChI=1S/C14H20O2/c1-10-8-11(2)13(12(3)9-10)6-5-7-14(15)16-4/h8-9H,5-7H2,1-4H3. The van der Waals surface area contributed by atoms with E-state index in [4.69, 9.17) is 0 Å². The van der Waals surface area contributed by atoms with Crippen LogP contribution >= 0.6 is 0 Å². The van der Waals surface area contributed by atoms with E-state index in [9.17, 15) is 4.79 Å². The van der Waals surface area contributed by atoms with E-state index in [0.717, 1.165) is 12.8 Å². The van der Waals surface area contributed by atoms with Crippen LogP contribution in [0.1, 0.15) is 35.1 Å². The van der Waals surface area contributed by atoms with Crippen molar-refractivity contribution in [3.05, 3.63) is 34.4 Å². The molecule has 0 aliphatic heterocycles. The molecule has 0 aromatic heterocycles. The Morgan fingerprint density at radius 3 is 2.25 bits per heavy atom. The third-order valence-electron chi connectivity index (χ3n) is 2.88. The van der Waals surface area contributed by atoms with Gasteiger partial charge < -0.3 is 4.74 Å². The fraction of sp³-hybridized carbons (Fsp3) is 0.500. The van der Waals surface area contributed by atoms with Crippen LogP contribution in [0.4, 0.5) is 0 Å². The Morgan fingerprint density at radius 2 is 1.75 bits per heavy atom. The van der Waals surface area contributed by atoms with Gasteiger partial charge in [0, 0.05) is 6.42 Å². The van der Waals surface area contributed by atoms with Crippen molar-refractivity contribution in [3.63, 3.8) is 0 Å². The minimum Gasteiger partial charge on any atom is -0.469 e. The predicted molar refractivity (Wildman–Crippen MR) is 65.6 cm³/mol. The van der Waals surface area contributed by atoms with Crippen molar-refractivity contribution >= 4 is 5.97 Å². The van der Waals surface area contributed by atoms with Gasteiger partial charge in [0.1, 0.15) is 0 Å². The van der Waals surface area contributed by atoms with Crippen LogP contribution in [0.2, 0.25) is 0 Å². The maximum absolute atomic E-state index is 11.0. The second-order valence-corrected chi connectivity index (χ2v) is 4.31. The quantitative estimate of drug-likeness (QED) is 0.729. The lowest BCUT2D eigenvalue weighted by Gasteiger charge is -2.10. The molecule has 0 aliphatic carbocycles. The number of carbonyl (C=O) groups excluding carboxylic acids is 1. The van der Waals surface area contributed by atoms with Crippen molar-refractivity contribution in [1.82, 2.24) is 0 Å². The first-order valence-corrected chi connectivity index (χ1v) is 5.68. The van der Waals surface area contributed by atoms with Crippen molar-refractivity contribution in [2.75, 3.05) is 7.11 Å². The largest absolute Gasteiger partial charge is 0.469 e. The molecule has 2 nitrogen and oxygen atoms in total. The van der Waals surface area contributed by atoms with Crippen molar-refractivity contribution in [3.8, 4) is 0 Å². The van der Waals surface area contributed by atoms with Crippen LogP contribution in [0.15, 0.2) is 12.1 Å². The molecule has 1 aromatic carbocycles. The molecule has 0 N–H and O–H groups in total. The van der Waals surface area contributed by atoms with Crippen LogP contribution in [0, 0.1) is 20.8 Å². The highest BCUT2D eigenvalue weighted by Crippen LogP contribution is 2.18. The summed E-state index contributed by atoms with van der Waals surface area (Å²) in [6, 6.07) is 4.39. The minimum absolute atomic E-state index is 0.123. The SMILES string of the molecule is COC(=O)CCCc1c(C)cc(C)cc1C. The molecule has 1 aromatic rings. The Kier molecular flexibility index (Phi) is 4.53. The first kappa shape index (κ1) is 12.8. The molecule has 88 valence electrons. The molecule has 0 unspecified atom stereocenters. The van der Waals surface area contributed by atoms with E-state index in [2.05, 4.69) is 37.6 Å². The molecule has 0 aliphatic rings. The first-order valence-electron chi connectivity index (χ1n) is 5.68. The maximum Gasteiger partial charge on any atom is 0.305 e. The number of carbonyl (C=O) groups is 1. The number of hydrogen-bond donors (Lipinski definition) is 0. The Hall–Kier alpha value is -1.31. The average molecular weight is 220 g/mol. The lowest BCUT2D eigenvalue weighted by Crippen LogP contribution is -2.02. The van der Waals surface area contributed by atoms with Gasteiger partial charge in [0.05, 0.1) is 7.11 Å². The monoisotopic (exact) mass is 220 g/mol. The molecule has 0 spiro atoms. The number of ether oxygens (including phenoxy) is 1. The van der Waals surface area contributed by atoms with E-state index in [0.29, 0.717) is 6.42 Å². The van der Waals surface area contributed by atoms with Gasteiger partial charge in [-0.2, -0.15) is 0 Å². The van der Waals surface area contributed by atoms with E-state index in [1.807, 2.05) is 0 Å². The summed E-state index contributed by atoms with van der Waals surface area (Å²) in [7, 11) is 1.44. The highest BCUT2D eigenvalue weighted by atomic mass is 16.5. The van der Waals surface area contributed by atoms with Crippen LogP contribution in [0.25, 0.3) is 0 Å². The summed E-state index contributed by atoms with van der Waals surface area (Å²) in [6.45, 7) is 6.37. The molecule has 0 amide bonds. The maximum atomic E-state index is 11.0. The van der Waals surface area contributed by atoms with E-state index in [-0.39, 0.29) is 5.97 Å². The Morgan fingerprint density at radius 1 is 1.19 bits per heavy atom. The van der Waals surface area contributed by atoms with E-state index in [1.165, 1.54) is 29.4 Å². The fourth-order valence-electron chi connectivity index (χ4n) is 2.12. The number of benzene rings is 1. The molecule has 0 saturated heterocycles. The van der Waals surface area contributed by atoms with Crippen molar-refractivity contribution in [1.29, 1.82) is 0 Å². The van der Waals surface area contributed by atoms with E-state index < -0.39 is 0 Å². The summed E-state index contributed by atoms with van der Waals surface area (Å²) in [4.78, 5) is 11.0. The summed E-state index contributed by atoms with van der Waals surface area (Å²) in [5, 5.41) is 0. The number of aryl methyl sites for hydroxylation is 3. The van der Waals surface area contributed by atoms with E-state index in [1.54, 1.807) is 0 Å². The Balaban J connectivity index is 2.64. The first-order chi connectivity index (χ1) is 7.54. The molecule has 1 rings (SSSR count). The molecule has 0 heterocycles. The molecular weight excluding hydrogens is 200 g/mol. The van der Waals surface area contributed by atoms with Gasteiger partial charge in [-0.15, -0.1) is 0 Å². The van der Waals surface area contributed by atoms with Crippen LogP contribution in [-0.4, -0.2) is 13.1 Å². The fourth-order valence-corrected chi connectivity index (χ4v) is 2.12. The molecule has 16 heavy (non-hydrogen) atoms. The lowest BCUT2D eigenvalue weighted by molar-refractivity contribution is -0.140. The van der Waals surface area contributed by atoms with E-state index >= 15 is 0 Å². The summed E-state index contributed by atoms with van der Waals surface area (Å²) in [6.07, 6.45) is 2.31. The zero-order valence-corrected chi connectivity index (χ0v) is 10.6. The Labute approximate surface area is 97.6 Å². The average Bonchev–Trinajstić information content (AvgIpc) is 2.21. The van der Waals surface area contributed by atoms with Gasteiger partial charge >= 0.3 is 5.97 Å². The Bertz CT molecular complexity index is 357. The number of methoxy groups -OCH3 is 1. The van der Waals surface area contributed by atoms with Crippen molar-refractivity contribution in [2.24, 2.45) is 0 Å². The van der Waals surface area contributed by atoms with Gasteiger partial charge in [-0.25, -0.2) is 0 Å². The molecule has 0 fully saturated rings. The minimum atomic E-state index is -0.123. The lowest BCUT2D eigenvalue weighted by atomic mass is 9.96. The van der Waals surface area contributed by atoms with Gasteiger partial charge in [-0.1, -0.05) is 17.7 Å². The van der Waals surface area contributed by atoms with Crippen LogP contribution in [-0.2, 0) is 16.0 Å². The highest BCUT2D eigenvalue weighted by Gasteiger charge is 2.05. The van der Waals surface area contributed by atoms with Crippen molar-refractivity contribution in [2.45, 2.75) is 40.0 Å². The van der Waals surface area contributed by atoms with Crippen molar-refractivity contribution < 1.29 is 9.53 Å². The number of esters is 1. The molecule has 0 saturated carbocycles. The third kappa shape index (κ3) is 3.37. The number of hydrogen-bond acceptors (Lipinski definition) is 2. The molecular formula is C14H20O2. The smallest absolute Gasteiger partial charge is 0.305 e. The molecule has 0 bridgehead atoms. The predicted octanol–water partition coefficient (Wildman–Crippen LogP) is 3.11. The molecule has 2 heteroatoms. The van der Waals surface area contributed by atoms with Crippen LogP contribution in [0.5, 0.6) is 0 Å². The second kappa shape index (κ2) is 5.69. The van der Waals surface area contributed by atoms with Crippen LogP contribution in [0.3, 0.4) is 0 Å². The summed E-state index contributed by atoms with van der Waals surface area (Å²) in [5.41, 5.74) is 5.31. The van der Waals surface area contributed by atoms with Crippen LogP contribution < -0.4 is 0 Å². The van der Waals surface area contributed by atoms with Gasteiger partial charge in [-0.05, 0) is 50.3 Å². The summed E-state index contributed by atoms with van der Waals surface area (Å²) < 4.78 is 4.63. The van der Waals surface area contributed by atoms with Gasteiger partial charge in [-0.3, -0.25) is 4.79 Å². The van der Waals surface area contributed by atoms with Gasteiger partial charge in [0.2, 0.25) is 0 Å². The summed E-state index contributed by atoms with van der Waals surface area (Å²) >= 11 is 0. The molecule has 0 atom stereocenters. The zero-order valence-electron chi connectivity index (χ0n) is 10.6. The third-order valence-corrected chi connectivity index (χ3v) is 2.88. The highest BCUT2D eigenvalue weighted by molar-refractivity contribution is 5.69. The normalized spacial score (nSPS) is 10.2. The second-order valence-electron chi connectivity index (χ2n) is 4.31. The zero-order chi connectivity index (χ0) is 12.1. The topological polar surface area (TPSA) is 26.3 Å². The van der Waals surface area contributed by atoms with Gasteiger partial charge in [0.25, 0.3) is 0 Å². The number of rotatable bonds is 4. The van der Waals surface area contributed by atoms with Gasteiger partial charge in [0.15, 0.2) is 0 Å².